The zero-order chi connectivity index (χ0) is 19.6. The highest BCUT2D eigenvalue weighted by atomic mass is 16.5. The van der Waals surface area contributed by atoms with Gasteiger partial charge in [0, 0.05) is 19.2 Å². The molecule has 0 aliphatic rings. The van der Waals surface area contributed by atoms with Gasteiger partial charge in [-0.1, -0.05) is 44.2 Å². The number of nitrogens with zero attached hydrogens (tertiary/aromatic N) is 1. The third kappa shape index (κ3) is 7.13. The summed E-state index contributed by atoms with van der Waals surface area (Å²) >= 11 is 0. The molecular formula is C22H28N2O3. The third-order valence-electron chi connectivity index (χ3n) is 4.12. The predicted molar refractivity (Wildman–Crippen MR) is 108 cm³/mol. The van der Waals surface area contributed by atoms with Crippen molar-refractivity contribution in [1.29, 1.82) is 0 Å². The molecular weight excluding hydrogens is 340 g/mol. The van der Waals surface area contributed by atoms with Crippen LogP contribution in [0.5, 0.6) is 5.75 Å². The Labute approximate surface area is 161 Å². The average molecular weight is 368 g/mol. The summed E-state index contributed by atoms with van der Waals surface area (Å²) in [4.78, 5) is 25.5. The van der Waals surface area contributed by atoms with Gasteiger partial charge in [-0.15, -0.1) is 0 Å². The predicted octanol–water partition coefficient (Wildman–Crippen LogP) is 3.78. The monoisotopic (exact) mass is 368 g/mol. The van der Waals surface area contributed by atoms with E-state index in [9.17, 15) is 9.59 Å². The molecule has 0 aliphatic carbocycles. The number of benzene rings is 2. The van der Waals surface area contributed by atoms with Crippen LogP contribution in [0.2, 0.25) is 0 Å². The number of anilines is 1. The molecule has 0 unspecified atom stereocenters. The van der Waals surface area contributed by atoms with E-state index >= 15 is 0 Å². The Morgan fingerprint density at radius 1 is 1.04 bits per heavy atom. The van der Waals surface area contributed by atoms with E-state index < -0.39 is 0 Å². The first-order chi connectivity index (χ1) is 13.0. The Morgan fingerprint density at radius 2 is 1.70 bits per heavy atom. The lowest BCUT2D eigenvalue weighted by atomic mass is 10.1. The second-order valence-corrected chi connectivity index (χ2v) is 6.91. The summed E-state index contributed by atoms with van der Waals surface area (Å²) in [5.74, 6) is 0.910. The molecule has 1 N–H and O–H groups in total. The van der Waals surface area contributed by atoms with Gasteiger partial charge in [0.25, 0.3) is 0 Å². The van der Waals surface area contributed by atoms with E-state index in [1.807, 2.05) is 42.5 Å². The number of nitrogens with one attached hydrogen (secondary N) is 1. The first-order valence-electron chi connectivity index (χ1n) is 9.27. The van der Waals surface area contributed by atoms with Crippen LogP contribution in [0.25, 0.3) is 0 Å². The highest BCUT2D eigenvalue weighted by molar-refractivity contribution is 5.97. The zero-order valence-corrected chi connectivity index (χ0v) is 16.3. The fourth-order valence-corrected chi connectivity index (χ4v) is 2.55. The van der Waals surface area contributed by atoms with Crippen molar-refractivity contribution in [2.24, 2.45) is 5.92 Å². The van der Waals surface area contributed by atoms with Gasteiger partial charge in [-0.2, -0.15) is 0 Å². The van der Waals surface area contributed by atoms with Crippen molar-refractivity contribution in [1.82, 2.24) is 5.32 Å². The molecule has 5 nitrogen and oxygen atoms in total. The molecule has 0 radical (unpaired) electrons. The maximum absolute atomic E-state index is 12.1. The van der Waals surface area contributed by atoms with Gasteiger partial charge in [0.2, 0.25) is 11.8 Å². The minimum atomic E-state index is -0.174. The first kappa shape index (κ1) is 20.5. The van der Waals surface area contributed by atoms with E-state index in [4.69, 9.17) is 4.74 Å². The Kier molecular flexibility index (Phi) is 7.86. The Hall–Kier alpha value is -2.82. The average Bonchev–Trinajstić information content (AvgIpc) is 2.65. The number of carbonyl (C=O) groups is 2. The van der Waals surface area contributed by atoms with Crippen LogP contribution < -0.4 is 15.0 Å². The molecule has 2 rings (SSSR count). The first-order valence-corrected chi connectivity index (χ1v) is 9.27. The van der Waals surface area contributed by atoms with Gasteiger partial charge in [-0.05, 0) is 42.2 Å². The van der Waals surface area contributed by atoms with Gasteiger partial charge >= 0.3 is 0 Å². The number of amides is 2. The highest BCUT2D eigenvalue weighted by Gasteiger charge is 2.15. The molecule has 0 aromatic heterocycles. The van der Waals surface area contributed by atoms with Crippen molar-refractivity contribution >= 4 is 17.5 Å². The van der Waals surface area contributed by atoms with Crippen LogP contribution in [-0.4, -0.2) is 24.9 Å². The van der Waals surface area contributed by atoms with E-state index in [-0.39, 0.29) is 18.4 Å². The van der Waals surface area contributed by atoms with Crippen LogP contribution >= 0.6 is 0 Å². The molecule has 0 fully saturated rings. The lowest BCUT2D eigenvalue weighted by Crippen LogP contribution is -2.40. The van der Waals surface area contributed by atoms with Crippen molar-refractivity contribution in [2.75, 3.05) is 18.0 Å². The minimum absolute atomic E-state index is 0.0116. The van der Waals surface area contributed by atoms with Crippen molar-refractivity contribution in [3.05, 3.63) is 60.2 Å². The smallest absolute Gasteiger partial charge is 0.240 e. The van der Waals surface area contributed by atoms with Gasteiger partial charge < -0.3 is 15.0 Å². The SMILES string of the molecule is CC(=O)N(CC(=O)NCCC(C)C)c1ccc(OCc2ccccc2)cc1. The van der Waals surface area contributed by atoms with Gasteiger partial charge in [0.1, 0.15) is 18.9 Å². The maximum Gasteiger partial charge on any atom is 0.240 e. The molecule has 0 saturated carbocycles. The molecule has 0 heterocycles. The summed E-state index contributed by atoms with van der Waals surface area (Å²) in [6.07, 6.45) is 0.916. The fraction of sp³-hybridized carbons (Fsp3) is 0.364. The molecule has 27 heavy (non-hydrogen) atoms. The quantitative estimate of drug-likeness (QED) is 0.733. The summed E-state index contributed by atoms with van der Waals surface area (Å²) in [5, 5.41) is 2.86. The lowest BCUT2D eigenvalue weighted by molar-refractivity contribution is -0.123. The van der Waals surface area contributed by atoms with Gasteiger partial charge in [0.05, 0.1) is 0 Å². The summed E-state index contributed by atoms with van der Waals surface area (Å²) in [6, 6.07) is 17.1. The number of ether oxygens (including phenoxy) is 1. The number of hydrogen-bond acceptors (Lipinski definition) is 3. The molecule has 0 spiro atoms. The number of rotatable bonds is 9. The van der Waals surface area contributed by atoms with Gasteiger partial charge in [0.15, 0.2) is 0 Å². The maximum atomic E-state index is 12.1. The van der Waals surface area contributed by atoms with Crippen molar-refractivity contribution in [3.8, 4) is 5.75 Å². The Balaban J connectivity index is 1.92. The van der Waals surface area contributed by atoms with E-state index in [0.717, 1.165) is 12.0 Å². The van der Waals surface area contributed by atoms with E-state index in [1.54, 1.807) is 12.1 Å². The van der Waals surface area contributed by atoms with Crippen molar-refractivity contribution < 1.29 is 14.3 Å². The van der Waals surface area contributed by atoms with Crippen LogP contribution in [0.4, 0.5) is 5.69 Å². The van der Waals surface area contributed by atoms with Crippen LogP contribution in [-0.2, 0) is 16.2 Å². The van der Waals surface area contributed by atoms with Crippen LogP contribution in [0.15, 0.2) is 54.6 Å². The Morgan fingerprint density at radius 3 is 2.30 bits per heavy atom. The molecule has 0 atom stereocenters. The highest BCUT2D eigenvalue weighted by Crippen LogP contribution is 2.20. The van der Waals surface area contributed by atoms with Crippen molar-refractivity contribution in [3.63, 3.8) is 0 Å². The molecule has 2 amide bonds. The molecule has 5 heteroatoms. The molecule has 2 aromatic carbocycles. The second kappa shape index (κ2) is 10.4. The van der Waals surface area contributed by atoms with E-state index in [0.29, 0.717) is 30.5 Å². The standard InChI is InChI=1S/C22H28N2O3/c1-17(2)13-14-23-22(26)15-24(18(3)25)20-9-11-21(12-10-20)27-16-19-7-5-4-6-8-19/h4-12,17H,13-16H2,1-3H3,(H,23,26). The zero-order valence-electron chi connectivity index (χ0n) is 16.3. The normalized spacial score (nSPS) is 10.5. The number of hydrogen-bond donors (Lipinski definition) is 1. The van der Waals surface area contributed by atoms with E-state index in [2.05, 4.69) is 19.2 Å². The van der Waals surface area contributed by atoms with Gasteiger partial charge in [-0.25, -0.2) is 0 Å². The molecule has 144 valence electrons. The topological polar surface area (TPSA) is 58.6 Å². The van der Waals surface area contributed by atoms with Crippen molar-refractivity contribution in [2.45, 2.75) is 33.8 Å². The van der Waals surface area contributed by atoms with Crippen LogP contribution in [0, 0.1) is 5.92 Å². The lowest BCUT2D eigenvalue weighted by Gasteiger charge is -2.21. The summed E-state index contributed by atoms with van der Waals surface area (Å²) in [5.41, 5.74) is 1.76. The van der Waals surface area contributed by atoms with Gasteiger partial charge in [-0.3, -0.25) is 9.59 Å². The van der Waals surface area contributed by atoms with Crippen LogP contribution in [0.3, 0.4) is 0 Å². The van der Waals surface area contributed by atoms with E-state index in [1.165, 1.54) is 11.8 Å². The second-order valence-electron chi connectivity index (χ2n) is 6.91. The summed E-state index contributed by atoms with van der Waals surface area (Å²) in [7, 11) is 0. The molecule has 0 saturated heterocycles. The Bertz CT molecular complexity index is 727. The van der Waals surface area contributed by atoms with Crippen LogP contribution in [0.1, 0.15) is 32.8 Å². The molecule has 0 aliphatic heterocycles. The largest absolute Gasteiger partial charge is 0.489 e. The number of carbonyl (C=O) groups excluding carboxylic acids is 2. The molecule has 0 bridgehead atoms. The third-order valence-corrected chi connectivity index (χ3v) is 4.12. The minimum Gasteiger partial charge on any atom is -0.489 e. The summed E-state index contributed by atoms with van der Waals surface area (Å²) < 4.78 is 5.76. The summed E-state index contributed by atoms with van der Waals surface area (Å²) in [6.45, 7) is 6.78. The molecule has 2 aromatic rings. The fourth-order valence-electron chi connectivity index (χ4n) is 2.55.